The number of carbonyl (C=O) groups excluding carboxylic acids is 1. The SMILES string of the molecule is CC(C)NC(CN1CCn2cnnc2C1)C(N)=O. The monoisotopic (exact) mass is 252 g/mol. The summed E-state index contributed by atoms with van der Waals surface area (Å²) in [5.74, 6) is 0.629. The summed E-state index contributed by atoms with van der Waals surface area (Å²) >= 11 is 0. The molecule has 18 heavy (non-hydrogen) atoms. The number of fused-ring (bicyclic) bond motifs is 1. The highest BCUT2D eigenvalue weighted by molar-refractivity contribution is 5.80. The van der Waals surface area contributed by atoms with Gasteiger partial charge >= 0.3 is 0 Å². The van der Waals surface area contributed by atoms with E-state index in [1.165, 1.54) is 0 Å². The number of primary amides is 1. The lowest BCUT2D eigenvalue weighted by Gasteiger charge is -2.30. The third-order valence-electron chi connectivity index (χ3n) is 3.04. The van der Waals surface area contributed by atoms with Gasteiger partial charge in [0.15, 0.2) is 0 Å². The predicted octanol–water partition coefficient (Wildman–Crippen LogP) is -1.05. The summed E-state index contributed by atoms with van der Waals surface area (Å²) < 4.78 is 2.03. The first-order valence-electron chi connectivity index (χ1n) is 6.20. The average Bonchev–Trinajstić information content (AvgIpc) is 2.74. The molecule has 0 saturated carbocycles. The van der Waals surface area contributed by atoms with E-state index in [-0.39, 0.29) is 18.0 Å². The molecule has 0 fully saturated rings. The number of nitrogens with zero attached hydrogens (tertiary/aromatic N) is 4. The second-order valence-electron chi connectivity index (χ2n) is 4.95. The van der Waals surface area contributed by atoms with Crippen LogP contribution in [0.5, 0.6) is 0 Å². The van der Waals surface area contributed by atoms with Gasteiger partial charge in [0.1, 0.15) is 12.2 Å². The second-order valence-corrected chi connectivity index (χ2v) is 4.95. The Balaban J connectivity index is 1.95. The highest BCUT2D eigenvalue weighted by Crippen LogP contribution is 2.09. The quantitative estimate of drug-likeness (QED) is 0.697. The van der Waals surface area contributed by atoms with E-state index < -0.39 is 0 Å². The zero-order valence-electron chi connectivity index (χ0n) is 10.8. The number of rotatable bonds is 5. The van der Waals surface area contributed by atoms with Crippen molar-refractivity contribution in [1.82, 2.24) is 25.0 Å². The first kappa shape index (κ1) is 13.0. The topological polar surface area (TPSA) is 89.1 Å². The molecule has 1 aliphatic rings. The Morgan fingerprint density at radius 3 is 3.00 bits per heavy atom. The van der Waals surface area contributed by atoms with Crippen LogP contribution in [0.2, 0.25) is 0 Å². The first-order valence-corrected chi connectivity index (χ1v) is 6.20. The van der Waals surface area contributed by atoms with E-state index in [0.717, 1.165) is 18.9 Å². The van der Waals surface area contributed by atoms with Gasteiger partial charge in [0.2, 0.25) is 5.91 Å². The minimum atomic E-state index is -0.320. The largest absolute Gasteiger partial charge is 0.368 e. The minimum Gasteiger partial charge on any atom is -0.368 e. The van der Waals surface area contributed by atoms with Crippen molar-refractivity contribution >= 4 is 5.91 Å². The number of nitrogens with one attached hydrogen (secondary N) is 1. The predicted molar refractivity (Wildman–Crippen MR) is 66.6 cm³/mol. The molecule has 0 aliphatic carbocycles. The smallest absolute Gasteiger partial charge is 0.235 e. The highest BCUT2D eigenvalue weighted by atomic mass is 16.1. The van der Waals surface area contributed by atoms with Crippen LogP contribution in [0.15, 0.2) is 6.33 Å². The maximum atomic E-state index is 11.4. The van der Waals surface area contributed by atoms with Crippen LogP contribution in [0.1, 0.15) is 19.7 Å². The number of amides is 1. The van der Waals surface area contributed by atoms with Crippen molar-refractivity contribution in [3.8, 4) is 0 Å². The van der Waals surface area contributed by atoms with Crippen LogP contribution < -0.4 is 11.1 Å². The summed E-state index contributed by atoms with van der Waals surface area (Å²) in [4.78, 5) is 13.6. The molecule has 3 N–H and O–H groups in total. The van der Waals surface area contributed by atoms with Gasteiger partial charge in [0.25, 0.3) is 0 Å². The van der Waals surface area contributed by atoms with E-state index in [2.05, 4.69) is 20.4 Å². The van der Waals surface area contributed by atoms with Crippen LogP contribution in [0.3, 0.4) is 0 Å². The molecule has 1 atom stereocenters. The van der Waals surface area contributed by atoms with E-state index in [4.69, 9.17) is 5.73 Å². The van der Waals surface area contributed by atoms with Crippen LogP contribution in [0.25, 0.3) is 0 Å². The molecule has 2 heterocycles. The fourth-order valence-corrected chi connectivity index (χ4v) is 2.16. The lowest BCUT2D eigenvalue weighted by Crippen LogP contribution is -2.52. The number of aromatic nitrogens is 3. The van der Waals surface area contributed by atoms with Crippen LogP contribution in [-0.4, -0.2) is 50.7 Å². The fourth-order valence-electron chi connectivity index (χ4n) is 2.16. The number of hydrogen-bond donors (Lipinski definition) is 2. The van der Waals surface area contributed by atoms with Gasteiger partial charge in [-0.2, -0.15) is 0 Å². The Kier molecular flexibility index (Phi) is 3.93. The van der Waals surface area contributed by atoms with E-state index >= 15 is 0 Å². The molecule has 1 amide bonds. The fraction of sp³-hybridized carbons (Fsp3) is 0.727. The minimum absolute atomic E-state index is 0.232. The second kappa shape index (κ2) is 5.45. The van der Waals surface area contributed by atoms with Gasteiger partial charge in [-0.3, -0.25) is 9.69 Å². The first-order chi connectivity index (χ1) is 8.56. The van der Waals surface area contributed by atoms with Crippen molar-refractivity contribution in [2.24, 2.45) is 5.73 Å². The van der Waals surface area contributed by atoms with Crippen LogP contribution in [0.4, 0.5) is 0 Å². The van der Waals surface area contributed by atoms with Gasteiger partial charge in [0.05, 0.1) is 12.6 Å². The molecule has 7 nitrogen and oxygen atoms in total. The van der Waals surface area contributed by atoms with Gasteiger partial charge in [0, 0.05) is 25.7 Å². The Hall–Kier alpha value is -1.47. The van der Waals surface area contributed by atoms with E-state index in [0.29, 0.717) is 13.1 Å². The van der Waals surface area contributed by atoms with Crippen LogP contribution in [0, 0.1) is 0 Å². The maximum absolute atomic E-state index is 11.4. The van der Waals surface area contributed by atoms with Crippen molar-refractivity contribution in [1.29, 1.82) is 0 Å². The molecule has 2 rings (SSSR count). The van der Waals surface area contributed by atoms with Crippen molar-refractivity contribution in [3.05, 3.63) is 12.2 Å². The Morgan fingerprint density at radius 1 is 1.56 bits per heavy atom. The molecule has 1 aliphatic heterocycles. The molecule has 0 saturated heterocycles. The summed E-state index contributed by atoms with van der Waals surface area (Å²) in [6, 6.07) is -0.0876. The zero-order valence-corrected chi connectivity index (χ0v) is 10.8. The third-order valence-corrected chi connectivity index (χ3v) is 3.04. The molecule has 1 aromatic rings. The molecular weight excluding hydrogens is 232 g/mol. The van der Waals surface area contributed by atoms with Gasteiger partial charge in [-0.1, -0.05) is 13.8 Å². The standard InChI is InChI=1S/C11H20N6O/c1-8(2)14-9(11(12)18)5-16-3-4-17-7-13-15-10(17)6-16/h7-9,14H,3-6H2,1-2H3,(H2,12,18). The average molecular weight is 252 g/mol. The van der Waals surface area contributed by atoms with Crippen LogP contribution >= 0.6 is 0 Å². The van der Waals surface area contributed by atoms with Gasteiger partial charge < -0.3 is 15.6 Å². The molecule has 0 aromatic carbocycles. The summed E-state index contributed by atoms with van der Waals surface area (Å²) in [6.07, 6.45) is 1.74. The normalized spacial score (nSPS) is 17.7. The zero-order chi connectivity index (χ0) is 13.1. The van der Waals surface area contributed by atoms with Gasteiger partial charge in [-0.15, -0.1) is 10.2 Å². The molecule has 0 spiro atoms. The Bertz CT molecular complexity index is 415. The number of hydrogen-bond acceptors (Lipinski definition) is 5. The van der Waals surface area contributed by atoms with Gasteiger partial charge in [-0.05, 0) is 0 Å². The lowest BCUT2D eigenvalue weighted by atomic mass is 10.2. The van der Waals surface area contributed by atoms with Crippen LogP contribution in [-0.2, 0) is 17.9 Å². The maximum Gasteiger partial charge on any atom is 0.235 e. The molecule has 1 aromatic heterocycles. The summed E-state index contributed by atoms with van der Waals surface area (Å²) in [5.41, 5.74) is 5.42. The Labute approximate surface area is 106 Å². The Morgan fingerprint density at radius 2 is 2.33 bits per heavy atom. The third kappa shape index (κ3) is 3.05. The summed E-state index contributed by atoms with van der Waals surface area (Å²) in [7, 11) is 0. The lowest BCUT2D eigenvalue weighted by molar-refractivity contribution is -0.120. The summed E-state index contributed by atoms with van der Waals surface area (Å²) in [6.45, 7) is 7.07. The molecule has 1 unspecified atom stereocenters. The summed E-state index contributed by atoms with van der Waals surface area (Å²) in [5, 5.41) is 11.1. The molecule has 7 heteroatoms. The van der Waals surface area contributed by atoms with Crippen molar-refractivity contribution < 1.29 is 4.79 Å². The molecular formula is C11H20N6O. The van der Waals surface area contributed by atoms with Crippen molar-refractivity contribution in [2.75, 3.05) is 13.1 Å². The number of nitrogens with two attached hydrogens (primary N) is 1. The highest BCUT2D eigenvalue weighted by Gasteiger charge is 2.23. The number of carbonyl (C=O) groups is 1. The molecule has 0 bridgehead atoms. The van der Waals surface area contributed by atoms with Crippen molar-refractivity contribution in [2.45, 2.75) is 39.0 Å². The van der Waals surface area contributed by atoms with Crippen molar-refractivity contribution in [3.63, 3.8) is 0 Å². The van der Waals surface area contributed by atoms with E-state index in [1.54, 1.807) is 6.33 Å². The van der Waals surface area contributed by atoms with E-state index in [1.807, 2.05) is 18.4 Å². The van der Waals surface area contributed by atoms with Gasteiger partial charge in [-0.25, -0.2) is 0 Å². The molecule has 100 valence electrons. The molecule has 0 radical (unpaired) electrons. The van der Waals surface area contributed by atoms with E-state index in [9.17, 15) is 4.79 Å².